The first-order valence-electron chi connectivity index (χ1n) is 20.7. The number of fused-ring (bicyclic) bond motifs is 1. The topological polar surface area (TPSA) is 112 Å². The van der Waals surface area contributed by atoms with Crippen molar-refractivity contribution in [2.45, 2.75) is 143 Å². The normalized spacial score (nSPS) is 19.1. The summed E-state index contributed by atoms with van der Waals surface area (Å²) in [5.74, 6) is 0.652. The van der Waals surface area contributed by atoms with Gasteiger partial charge in [0.25, 0.3) is 0 Å². The number of amides is 1. The summed E-state index contributed by atoms with van der Waals surface area (Å²) in [7, 11) is -2.39. The average molecular weight is 839 g/mol. The number of hydrogen-bond donors (Lipinski definition) is 0. The zero-order chi connectivity index (χ0) is 42.8. The molecule has 2 aromatic carbocycles. The van der Waals surface area contributed by atoms with E-state index < -0.39 is 39.6 Å². The van der Waals surface area contributed by atoms with E-state index in [0.29, 0.717) is 18.8 Å². The highest BCUT2D eigenvalue weighted by Gasteiger charge is 2.52. The third-order valence-corrected chi connectivity index (χ3v) is 13.9. The zero-order valence-electron chi connectivity index (χ0n) is 36.8. The highest BCUT2D eigenvalue weighted by molar-refractivity contribution is 7.89. The molecular formula is C46H66N2O8S2. The molecule has 1 aliphatic heterocycles. The van der Waals surface area contributed by atoms with Gasteiger partial charge in [0.2, 0.25) is 10.0 Å². The van der Waals surface area contributed by atoms with Crippen LogP contribution in [0.15, 0.2) is 53.4 Å². The second-order valence-corrected chi connectivity index (χ2v) is 22.2. The van der Waals surface area contributed by atoms with Crippen molar-refractivity contribution in [2.24, 2.45) is 17.3 Å². The molecule has 1 aliphatic carbocycles. The van der Waals surface area contributed by atoms with Crippen molar-refractivity contribution in [3.05, 3.63) is 80.5 Å². The van der Waals surface area contributed by atoms with E-state index in [9.17, 15) is 18.0 Å². The molecular weight excluding hydrogens is 773 g/mol. The van der Waals surface area contributed by atoms with E-state index in [-0.39, 0.29) is 41.2 Å². The van der Waals surface area contributed by atoms with Gasteiger partial charge < -0.3 is 18.9 Å². The van der Waals surface area contributed by atoms with Crippen LogP contribution >= 0.6 is 11.3 Å². The van der Waals surface area contributed by atoms with Crippen molar-refractivity contribution in [3.63, 3.8) is 0 Å². The monoisotopic (exact) mass is 838 g/mol. The molecule has 0 unspecified atom stereocenters. The summed E-state index contributed by atoms with van der Waals surface area (Å²) in [6, 6.07) is 14.2. The Morgan fingerprint density at radius 3 is 2.17 bits per heavy atom. The van der Waals surface area contributed by atoms with E-state index in [1.807, 2.05) is 48.5 Å². The summed E-state index contributed by atoms with van der Waals surface area (Å²) in [5, 5.41) is 0. The number of carbonyl (C=O) groups is 2. The quantitative estimate of drug-likeness (QED) is 0.139. The second kappa shape index (κ2) is 18.0. The Kier molecular flexibility index (Phi) is 14.2. The van der Waals surface area contributed by atoms with Gasteiger partial charge in [-0.15, -0.1) is 11.3 Å². The van der Waals surface area contributed by atoms with Crippen molar-refractivity contribution in [2.75, 3.05) is 26.8 Å². The van der Waals surface area contributed by atoms with Crippen LogP contribution in [0.1, 0.15) is 119 Å². The third-order valence-electron chi connectivity index (χ3n) is 10.7. The maximum atomic E-state index is 14.2. The standard InChI is InChI=1S/C46H66N2O8S2/c1-30(2)27-47(58(51,52)35-20-18-34(53-12)19-21-35)28-38-37(48(46(10,11)55-38)43(50)56-44(5,6)7)25-33-15-13-32(14-16-33)17-22-40-41(42(49)54-29-31(3)4)36-26-45(8,9)24-23-39(36)57-40/h13-16,18-21,30-31,37-38H,17,22-29H2,1-12H3/t37-,38+/m0/s1. The smallest absolute Gasteiger partial charge is 0.412 e. The molecule has 0 saturated carbocycles. The predicted octanol–water partition coefficient (Wildman–Crippen LogP) is 9.50. The van der Waals surface area contributed by atoms with Crippen LogP contribution in [0.25, 0.3) is 0 Å². The predicted molar refractivity (Wildman–Crippen MR) is 230 cm³/mol. The lowest BCUT2D eigenvalue weighted by Gasteiger charge is -2.35. The summed E-state index contributed by atoms with van der Waals surface area (Å²) >= 11 is 1.77. The molecule has 58 heavy (non-hydrogen) atoms. The van der Waals surface area contributed by atoms with Crippen LogP contribution < -0.4 is 4.74 Å². The van der Waals surface area contributed by atoms with E-state index in [1.54, 1.807) is 47.6 Å². The van der Waals surface area contributed by atoms with Crippen LogP contribution in [0.4, 0.5) is 4.79 Å². The SMILES string of the molecule is COc1ccc(S(=O)(=O)N(CC(C)C)C[C@H]2OC(C)(C)N(C(=O)OC(C)(C)C)[C@H]2Cc2ccc(CCc3sc4c(c3C(=O)OCC(C)C)CC(C)(C)CC4)cc2)cc1. The molecule has 0 radical (unpaired) electrons. The van der Waals surface area contributed by atoms with Crippen LogP contribution in [-0.2, 0) is 56.3 Å². The van der Waals surface area contributed by atoms with E-state index in [0.717, 1.165) is 53.7 Å². The van der Waals surface area contributed by atoms with E-state index in [2.05, 4.69) is 52.0 Å². The van der Waals surface area contributed by atoms with Gasteiger partial charge in [-0.2, -0.15) is 4.31 Å². The molecule has 1 saturated heterocycles. The van der Waals surface area contributed by atoms with Crippen molar-refractivity contribution in [1.29, 1.82) is 0 Å². The lowest BCUT2D eigenvalue weighted by molar-refractivity contribution is -0.0807. The van der Waals surface area contributed by atoms with Crippen LogP contribution in [0.5, 0.6) is 5.75 Å². The van der Waals surface area contributed by atoms with E-state index >= 15 is 0 Å². The molecule has 1 amide bonds. The minimum absolute atomic E-state index is 0.0311. The van der Waals surface area contributed by atoms with Crippen LogP contribution in [0.3, 0.4) is 0 Å². The van der Waals surface area contributed by atoms with Crippen LogP contribution in [-0.4, -0.2) is 80.0 Å². The number of ether oxygens (including phenoxy) is 4. The molecule has 0 bridgehead atoms. The third kappa shape index (κ3) is 11.2. The molecule has 1 fully saturated rings. The number of esters is 1. The summed E-state index contributed by atoms with van der Waals surface area (Å²) in [4.78, 5) is 31.7. The van der Waals surface area contributed by atoms with Crippen LogP contribution in [0.2, 0.25) is 0 Å². The van der Waals surface area contributed by atoms with Crippen molar-refractivity contribution < 1.29 is 37.0 Å². The van der Waals surface area contributed by atoms with E-state index in [4.69, 9.17) is 18.9 Å². The first-order valence-corrected chi connectivity index (χ1v) is 23.0. The summed E-state index contributed by atoms with van der Waals surface area (Å²) in [5.41, 5.74) is 2.39. The Morgan fingerprint density at radius 2 is 1.59 bits per heavy atom. The number of sulfonamides is 1. The molecule has 320 valence electrons. The molecule has 0 spiro atoms. The molecule has 2 aliphatic rings. The van der Waals surface area contributed by atoms with E-state index in [1.165, 1.54) is 14.7 Å². The van der Waals surface area contributed by atoms with Gasteiger partial charge in [-0.3, -0.25) is 4.90 Å². The highest BCUT2D eigenvalue weighted by Crippen LogP contribution is 2.43. The Bertz CT molecular complexity index is 1990. The maximum Gasteiger partial charge on any atom is 0.412 e. The second-order valence-electron chi connectivity index (χ2n) is 19.1. The van der Waals surface area contributed by atoms with Crippen molar-refractivity contribution >= 4 is 33.4 Å². The number of aryl methyl sites for hydroxylation is 3. The Labute approximate surface area is 351 Å². The zero-order valence-corrected chi connectivity index (χ0v) is 38.4. The first-order chi connectivity index (χ1) is 27.0. The fourth-order valence-electron chi connectivity index (χ4n) is 7.94. The Balaban J connectivity index is 1.40. The van der Waals surface area contributed by atoms with Gasteiger partial charge in [0.15, 0.2) is 0 Å². The molecule has 2 heterocycles. The number of rotatable bonds is 15. The fraction of sp³-hybridized carbons (Fsp3) is 0.609. The van der Waals surface area contributed by atoms with Gasteiger partial charge in [0.1, 0.15) is 17.1 Å². The number of nitrogens with zero attached hydrogens (tertiary/aromatic N) is 2. The fourth-order valence-corrected chi connectivity index (χ4v) is 10.9. The van der Waals surface area contributed by atoms with Gasteiger partial charge in [0, 0.05) is 22.8 Å². The van der Waals surface area contributed by atoms with Gasteiger partial charge in [-0.25, -0.2) is 18.0 Å². The summed E-state index contributed by atoms with van der Waals surface area (Å²) in [6.45, 7) is 22.5. The van der Waals surface area contributed by atoms with Gasteiger partial charge in [-0.05, 0) is 131 Å². The Morgan fingerprint density at radius 1 is 0.948 bits per heavy atom. The first kappa shape index (κ1) is 45.6. The maximum absolute atomic E-state index is 14.2. The van der Waals surface area contributed by atoms with Crippen molar-refractivity contribution in [3.8, 4) is 5.75 Å². The molecule has 5 rings (SSSR count). The molecule has 10 nitrogen and oxygen atoms in total. The number of hydrogen-bond acceptors (Lipinski definition) is 9. The molecule has 0 N–H and O–H groups in total. The minimum atomic E-state index is -3.93. The lowest BCUT2D eigenvalue weighted by atomic mass is 9.76. The van der Waals surface area contributed by atoms with Gasteiger partial charge in [-0.1, -0.05) is 65.8 Å². The Hall–Kier alpha value is -3.45. The number of thiophene rings is 1. The summed E-state index contributed by atoms with van der Waals surface area (Å²) < 4.78 is 53.5. The van der Waals surface area contributed by atoms with Crippen LogP contribution in [0, 0.1) is 17.3 Å². The molecule has 1 aromatic heterocycles. The van der Waals surface area contributed by atoms with Crippen molar-refractivity contribution in [1.82, 2.24) is 9.21 Å². The number of methoxy groups -OCH3 is 1. The largest absolute Gasteiger partial charge is 0.497 e. The van der Waals surface area contributed by atoms with Gasteiger partial charge in [0.05, 0.1) is 36.3 Å². The molecule has 12 heteroatoms. The summed E-state index contributed by atoms with van der Waals surface area (Å²) in [6.07, 6.45) is 3.71. The lowest BCUT2D eigenvalue weighted by Crippen LogP contribution is -2.52. The highest BCUT2D eigenvalue weighted by atomic mass is 32.2. The number of benzene rings is 2. The average Bonchev–Trinajstić information content (AvgIpc) is 3.60. The molecule has 3 aromatic rings. The number of carbonyl (C=O) groups excluding carboxylic acids is 2. The van der Waals surface area contributed by atoms with Gasteiger partial charge >= 0.3 is 12.1 Å². The molecule has 2 atom stereocenters. The minimum Gasteiger partial charge on any atom is -0.497 e.